The van der Waals surface area contributed by atoms with E-state index >= 15 is 0 Å². The van der Waals surface area contributed by atoms with Crippen molar-refractivity contribution in [1.82, 2.24) is 9.13 Å². The molecule has 0 spiro atoms. The molecular formula is C14H12Cl2N2O2. The predicted molar refractivity (Wildman–Crippen MR) is 77.8 cm³/mol. The van der Waals surface area contributed by atoms with Crippen LogP contribution in [0.5, 0.6) is 0 Å². The van der Waals surface area contributed by atoms with Gasteiger partial charge in [0, 0.05) is 29.0 Å². The van der Waals surface area contributed by atoms with E-state index in [0.29, 0.717) is 21.7 Å². The summed E-state index contributed by atoms with van der Waals surface area (Å²) in [5.74, 6) is -0.206. The maximum Gasteiger partial charge on any atom is 0.328 e. The summed E-state index contributed by atoms with van der Waals surface area (Å²) >= 11 is 11.8. The van der Waals surface area contributed by atoms with E-state index in [1.807, 2.05) is 0 Å². The lowest BCUT2D eigenvalue weighted by atomic mass is 10.1. The van der Waals surface area contributed by atoms with Crippen molar-refractivity contribution in [3.8, 4) is 0 Å². The first-order chi connectivity index (χ1) is 9.56. The van der Waals surface area contributed by atoms with Gasteiger partial charge in [0.1, 0.15) is 0 Å². The number of carbonyl (C=O) groups is 1. The van der Waals surface area contributed by atoms with Gasteiger partial charge < -0.3 is 0 Å². The minimum Gasteiger partial charge on any atom is -0.296 e. The molecule has 1 heterocycles. The average Bonchev–Trinajstić information content (AvgIpc) is 3.16. The highest BCUT2D eigenvalue weighted by atomic mass is 35.5. The van der Waals surface area contributed by atoms with Crippen molar-refractivity contribution in [2.45, 2.75) is 25.4 Å². The van der Waals surface area contributed by atoms with Gasteiger partial charge in [-0.3, -0.25) is 13.9 Å². The number of carbonyl (C=O) groups excluding carboxylic acids is 1. The zero-order chi connectivity index (χ0) is 14.3. The van der Waals surface area contributed by atoms with Crippen molar-refractivity contribution in [2.24, 2.45) is 0 Å². The molecule has 0 amide bonds. The fourth-order valence-electron chi connectivity index (χ4n) is 2.13. The monoisotopic (exact) mass is 310 g/mol. The molecule has 20 heavy (non-hydrogen) atoms. The van der Waals surface area contributed by atoms with Crippen LogP contribution in [0.3, 0.4) is 0 Å². The van der Waals surface area contributed by atoms with E-state index in [-0.39, 0.29) is 18.0 Å². The Morgan fingerprint density at radius 3 is 2.65 bits per heavy atom. The Labute approximate surface area is 125 Å². The Bertz CT molecular complexity index is 729. The summed E-state index contributed by atoms with van der Waals surface area (Å²) in [4.78, 5) is 24.3. The fourth-order valence-corrected chi connectivity index (χ4v) is 2.65. The third-order valence-corrected chi connectivity index (χ3v) is 3.91. The first-order valence-corrected chi connectivity index (χ1v) is 7.07. The molecule has 1 saturated carbocycles. The largest absolute Gasteiger partial charge is 0.328 e. The van der Waals surface area contributed by atoms with Crippen LogP contribution in [0.4, 0.5) is 0 Å². The van der Waals surface area contributed by atoms with Gasteiger partial charge in [0.25, 0.3) is 0 Å². The van der Waals surface area contributed by atoms with E-state index in [2.05, 4.69) is 0 Å². The quantitative estimate of drug-likeness (QED) is 0.814. The van der Waals surface area contributed by atoms with Gasteiger partial charge in [-0.2, -0.15) is 0 Å². The van der Waals surface area contributed by atoms with Crippen LogP contribution in [-0.4, -0.2) is 14.9 Å². The van der Waals surface area contributed by atoms with Crippen LogP contribution in [0.25, 0.3) is 0 Å². The van der Waals surface area contributed by atoms with E-state index in [4.69, 9.17) is 23.2 Å². The number of halogens is 2. The van der Waals surface area contributed by atoms with Gasteiger partial charge in [-0.1, -0.05) is 23.2 Å². The summed E-state index contributed by atoms with van der Waals surface area (Å²) < 4.78 is 3.09. The molecule has 0 unspecified atom stereocenters. The normalized spacial score (nSPS) is 14.5. The van der Waals surface area contributed by atoms with Gasteiger partial charge in [0.2, 0.25) is 0 Å². The van der Waals surface area contributed by atoms with Crippen LogP contribution in [0.1, 0.15) is 29.2 Å². The Balaban J connectivity index is 1.83. The van der Waals surface area contributed by atoms with Gasteiger partial charge in [-0.15, -0.1) is 0 Å². The average molecular weight is 311 g/mol. The van der Waals surface area contributed by atoms with Crippen LogP contribution in [-0.2, 0) is 6.54 Å². The van der Waals surface area contributed by atoms with Gasteiger partial charge in [0.05, 0.1) is 11.6 Å². The van der Waals surface area contributed by atoms with E-state index < -0.39 is 0 Å². The maximum atomic E-state index is 12.2. The summed E-state index contributed by atoms with van der Waals surface area (Å²) in [6, 6.07) is 5.02. The third-order valence-electron chi connectivity index (χ3n) is 3.36. The fraction of sp³-hybridized carbons (Fsp3) is 0.286. The van der Waals surface area contributed by atoms with E-state index in [0.717, 1.165) is 12.8 Å². The Kier molecular flexibility index (Phi) is 3.44. The maximum absolute atomic E-state index is 12.2. The number of hydrogen-bond donors (Lipinski definition) is 0. The first kappa shape index (κ1) is 13.5. The molecule has 4 nitrogen and oxygen atoms in total. The molecule has 0 bridgehead atoms. The zero-order valence-electron chi connectivity index (χ0n) is 10.6. The smallest absolute Gasteiger partial charge is 0.296 e. The lowest BCUT2D eigenvalue weighted by Crippen LogP contribution is -2.26. The number of nitrogens with zero attached hydrogens (tertiary/aromatic N) is 2. The van der Waals surface area contributed by atoms with Crippen LogP contribution < -0.4 is 5.69 Å². The number of hydrogen-bond acceptors (Lipinski definition) is 2. The standard InChI is InChI=1S/C14H12Cl2N2O2/c15-9-1-4-11(12(16)7-9)13(19)8-17-5-6-18(14(17)20)10-2-3-10/h1,4-7,10H,2-3,8H2. The van der Waals surface area contributed by atoms with E-state index in [1.165, 1.54) is 10.6 Å². The van der Waals surface area contributed by atoms with Gasteiger partial charge >= 0.3 is 5.69 Å². The van der Waals surface area contributed by atoms with Gasteiger partial charge in [-0.25, -0.2) is 4.79 Å². The molecule has 1 aromatic carbocycles. The minimum absolute atomic E-state index is 0.0140. The molecule has 1 aliphatic carbocycles. The van der Waals surface area contributed by atoms with Crippen molar-refractivity contribution >= 4 is 29.0 Å². The van der Waals surface area contributed by atoms with Crippen molar-refractivity contribution in [2.75, 3.05) is 0 Å². The van der Waals surface area contributed by atoms with Crippen molar-refractivity contribution in [3.05, 3.63) is 56.7 Å². The molecular weight excluding hydrogens is 299 g/mol. The first-order valence-electron chi connectivity index (χ1n) is 6.32. The Morgan fingerprint density at radius 2 is 2.00 bits per heavy atom. The van der Waals surface area contributed by atoms with Crippen LogP contribution in [0.2, 0.25) is 10.0 Å². The summed E-state index contributed by atoms with van der Waals surface area (Å²) in [7, 11) is 0. The van der Waals surface area contributed by atoms with Crippen molar-refractivity contribution in [3.63, 3.8) is 0 Å². The molecule has 0 atom stereocenters. The minimum atomic E-state index is -0.206. The molecule has 6 heteroatoms. The number of imidazole rings is 1. The second-order valence-electron chi connectivity index (χ2n) is 4.89. The zero-order valence-corrected chi connectivity index (χ0v) is 12.1. The number of Topliss-reactive ketones (excluding diaryl/α,β-unsaturated/α-hetero) is 1. The highest BCUT2D eigenvalue weighted by molar-refractivity contribution is 6.36. The Morgan fingerprint density at radius 1 is 1.25 bits per heavy atom. The Hall–Kier alpha value is -1.52. The lowest BCUT2D eigenvalue weighted by molar-refractivity contribution is 0.0971. The third kappa shape index (κ3) is 2.53. The summed E-state index contributed by atoms with van der Waals surface area (Å²) in [5.41, 5.74) is 0.230. The highest BCUT2D eigenvalue weighted by Crippen LogP contribution is 2.33. The molecule has 1 aliphatic rings. The second kappa shape index (κ2) is 5.11. The predicted octanol–water partition coefficient (Wildman–Crippen LogP) is 3.17. The molecule has 3 rings (SSSR count). The number of aromatic nitrogens is 2. The summed E-state index contributed by atoms with van der Waals surface area (Å²) in [6.07, 6.45) is 5.43. The summed E-state index contributed by atoms with van der Waals surface area (Å²) in [6.45, 7) is -0.0140. The molecule has 1 fully saturated rings. The van der Waals surface area contributed by atoms with Gasteiger partial charge in [0.15, 0.2) is 5.78 Å². The molecule has 2 aromatic rings. The van der Waals surface area contributed by atoms with E-state index in [9.17, 15) is 9.59 Å². The van der Waals surface area contributed by atoms with Crippen LogP contribution in [0.15, 0.2) is 35.4 Å². The van der Waals surface area contributed by atoms with E-state index in [1.54, 1.807) is 29.1 Å². The number of ketones is 1. The van der Waals surface area contributed by atoms with Crippen LogP contribution in [0, 0.1) is 0 Å². The second-order valence-corrected chi connectivity index (χ2v) is 5.74. The van der Waals surface area contributed by atoms with Crippen molar-refractivity contribution in [1.29, 1.82) is 0 Å². The summed E-state index contributed by atoms with van der Waals surface area (Å²) in [5, 5.41) is 0.778. The van der Waals surface area contributed by atoms with Crippen molar-refractivity contribution < 1.29 is 4.79 Å². The highest BCUT2D eigenvalue weighted by Gasteiger charge is 2.26. The lowest BCUT2D eigenvalue weighted by Gasteiger charge is -2.04. The molecule has 0 N–H and O–H groups in total. The molecule has 1 aromatic heterocycles. The molecule has 0 saturated heterocycles. The topological polar surface area (TPSA) is 44.0 Å². The SMILES string of the molecule is O=C(Cn1ccn(C2CC2)c1=O)c1ccc(Cl)cc1Cl. The van der Waals surface area contributed by atoms with Gasteiger partial charge in [-0.05, 0) is 31.0 Å². The molecule has 104 valence electrons. The number of rotatable bonds is 4. The number of benzene rings is 1. The molecule has 0 aliphatic heterocycles. The molecule has 0 radical (unpaired) electrons. The van der Waals surface area contributed by atoms with Crippen LogP contribution >= 0.6 is 23.2 Å².